The lowest BCUT2D eigenvalue weighted by molar-refractivity contribution is -0.145. The molecule has 0 aliphatic carbocycles. The maximum absolute atomic E-state index is 14.6. The molecule has 1 aliphatic rings. The number of hydrogen-bond donors (Lipinski definition) is 2. The predicted molar refractivity (Wildman–Crippen MR) is 130 cm³/mol. The summed E-state index contributed by atoms with van der Waals surface area (Å²) in [6.45, 7) is 4.04. The Labute approximate surface area is 206 Å². The molecule has 0 radical (unpaired) electrons. The average Bonchev–Trinajstić information content (AvgIpc) is 3.23. The van der Waals surface area contributed by atoms with Crippen molar-refractivity contribution in [3.63, 3.8) is 0 Å². The molecule has 2 heterocycles. The number of aryl methyl sites for hydroxylation is 1. The number of rotatable bonds is 6. The molecule has 0 bridgehead atoms. The number of nitrogens with one attached hydrogen (secondary N) is 2. The fraction of sp³-hybridized carbons (Fsp3) is 0.320. The van der Waals surface area contributed by atoms with E-state index in [9.17, 15) is 23.6 Å². The maximum atomic E-state index is 14.6. The Morgan fingerprint density at radius 2 is 2.00 bits per heavy atom. The zero-order valence-electron chi connectivity index (χ0n) is 20.1. The highest BCUT2D eigenvalue weighted by Gasteiger charge is 2.36. The Hall–Kier alpha value is -4.28. The molecule has 0 unspecified atom stereocenters. The van der Waals surface area contributed by atoms with Crippen molar-refractivity contribution in [2.45, 2.75) is 32.9 Å². The van der Waals surface area contributed by atoms with Gasteiger partial charge in [-0.3, -0.25) is 19.2 Å². The molecule has 1 atom stereocenters. The summed E-state index contributed by atoms with van der Waals surface area (Å²) >= 11 is 0. The normalized spacial score (nSPS) is 15.5. The molecule has 4 rings (SSSR count). The maximum Gasteiger partial charge on any atom is 0.308 e. The smallest absolute Gasteiger partial charge is 0.308 e. The van der Waals surface area contributed by atoms with Crippen LogP contribution in [0, 0.1) is 5.82 Å². The summed E-state index contributed by atoms with van der Waals surface area (Å²) in [6, 6.07) is 8.23. The first kappa shape index (κ1) is 24.8. The van der Waals surface area contributed by atoms with Crippen molar-refractivity contribution in [1.82, 2.24) is 19.8 Å². The van der Waals surface area contributed by atoms with Crippen LogP contribution in [0.2, 0.25) is 0 Å². The number of imidazole rings is 1. The predicted octanol–water partition coefficient (Wildman–Crippen LogP) is 2.32. The summed E-state index contributed by atoms with van der Waals surface area (Å²) in [5.74, 6) is -2.06. The van der Waals surface area contributed by atoms with E-state index in [1.54, 1.807) is 28.8 Å². The lowest BCUT2D eigenvalue weighted by Crippen LogP contribution is -2.57. The van der Waals surface area contributed by atoms with Gasteiger partial charge in [0.1, 0.15) is 17.7 Å². The van der Waals surface area contributed by atoms with Gasteiger partial charge in [0, 0.05) is 32.1 Å². The van der Waals surface area contributed by atoms with Gasteiger partial charge >= 0.3 is 5.97 Å². The van der Waals surface area contributed by atoms with Crippen LogP contribution in [0.25, 0.3) is 22.4 Å². The second kappa shape index (κ2) is 10.1. The van der Waals surface area contributed by atoms with Crippen LogP contribution in [-0.2, 0) is 25.7 Å². The van der Waals surface area contributed by atoms with E-state index in [0.717, 1.165) is 0 Å². The van der Waals surface area contributed by atoms with E-state index in [4.69, 9.17) is 0 Å². The van der Waals surface area contributed by atoms with Crippen molar-refractivity contribution in [3.8, 4) is 11.4 Å². The highest BCUT2D eigenvalue weighted by atomic mass is 19.1. The molecule has 36 heavy (non-hydrogen) atoms. The minimum absolute atomic E-state index is 0.164. The van der Waals surface area contributed by atoms with E-state index in [0.29, 0.717) is 29.1 Å². The Bertz CT molecular complexity index is 1370. The summed E-state index contributed by atoms with van der Waals surface area (Å²) in [5.41, 5.74) is 1.67. The summed E-state index contributed by atoms with van der Waals surface area (Å²) in [5, 5.41) is 5.40. The third-order valence-electron chi connectivity index (χ3n) is 6.01. The number of benzene rings is 2. The van der Waals surface area contributed by atoms with Crippen molar-refractivity contribution in [2.24, 2.45) is 0 Å². The quantitative estimate of drug-likeness (QED) is 0.506. The molecule has 10 nitrogen and oxygen atoms in total. The Morgan fingerprint density at radius 3 is 2.67 bits per heavy atom. The highest BCUT2D eigenvalue weighted by Crippen LogP contribution is 2.33. The molecule has 0 saturated carbocycles. The van der Waals surface area contributed by atoms with Crippen LogP contribution in [0.15, 0.2) is 36.4 Å². The number of aromatic nitrogens is 2. The molecular weight excluding hydrogens is 469 g/mol. The average molecular weight is 496 g/mol. The van der Waals surface area contributed by atoms with Gasteiger partial charge in [0.25, 0.3) is 5.91 Å². The fourth-order valence-electron chi connectivity index (χ4n) is 4.40. The molecule has 3 aromatic rings. The number of esters is 1. The SMILES string of the molecule is CCn1c(-c2ccccc2F)nc2cc(C(=O)N3CCNC(=O)[C@@H]3CC(=O)OC)cc(NC(C)=O)c21. The Morgan fingerprint density at radius 1 is 1.25 bits per heavy atom. The number of fused-ring (bicyclic) bond motifs is 1. The van der Waals surface area contributed by atoms with Gasteiger partial charge < -0.3 is 24.8 Å². The molecule has 1 saturated heterocycles. The zero-order chi connectivity index (χ0) is 26.0. The van der Waals surface area contributed by atoms with Crippen LogP contribution in [0.4, 0.5) is 10.1 Å². The van der Waals surface area contributed by atoms with Crippen LogP contribution in [-0.4, -0.2) is 64.4 Å². The lowest BCUT2D eigenvalue weighted by atomic mass is 10.1. The van der Waals surface area contributed by atoms with E-state index >= 15 is 0 Å². The van der Waals surface area contributed by atoms with E-state index in [1.807, 2.05) is 6.92 Å². The third kappa shape index (κ3) is 4.64. The molecule has 2 N–H and O–H groups in total. The monoisotopic (exact) mass is 495 g/mol. The fourth-order valence-corrected chi connectivity index (χ4v) is 4.40. The minimum atomic E-state index is -1.04. The first-order valence-electron chi connectivity index (χ1n) is 11.5. The summed E-state index contributed by atoms with van der Waals surface area (Å²) in [6.07, 6.45) is -0.295. The van der Waals surface area contributed by atoms with Gasteiger partial charge in [-0.1, -0.05) is 12.1 Å². The Kier molecular flexibility index (Phi) is 7.00. The molecule has 0 spiro atoms. The molecule has 11 heteroatoms. The standard InChI is InChI=1S/C25H26FN5O5/c1-4-30-22-18(28-14(2)32)11-15(12-19(22)29-23(30)16-7-5-6-8-17(16)26)25(35)31-10-9-27-24(34)20(31)13-21(33)36-3/h5-8,11-12,20H,4,9-10,13H2,1-3H3,(H,27,34)(H,28,32)/t20-/m0/s1. The summed E-state index contributed by atoms with van der Waals surface area (Å²) in [4.78, 5) is 55.9. The van der Waals surface area contributed by atoms with E-state index in [2.05, 4.69) is 20.4 Å². The molecule has 2 aromatic carbocycles. The number of ether oxygens (including phenoxy) is 1. The molecule has 1 fully saturated rings. The number of carbonyl (C=O) groups is 4. The van der Waals surface area contributed by atoms with Crippen LogP contribution >= 0.6 is 0 Å². The van der Waals surface area contributed by atoms with Gasteiger partial charge in [-0.2, -0.15) is 0 Å². The van der Waals surface area contributed by atoms with Crippen molar-refractivity contribution in [1.29, 1.82) is 0 Å². The first-order valence-corrected chi connectivity index (χ1v) is 11.5. The van der Waals surface area contributed by atoms with Gasteiger partial charge in [0.2, 0.25) is 11.8 Å². The van der Waals surface area contributed by atoms with Crippen LogP contribution in [0.5, 0.6) is 0 Å². The number of nitrogens with zero attached hydrogens (tertiary/aromatic N) is 3. The molecule has 3 amide bonds. The second-order valence-electron chi connectivity index (χ2n) is 8.32. The van der Waals surface area contributed by atoms with Gasteiger partial charge in [-0.25, -0.2) is 9.37 Å². The van der Waals surface area contributed by atoms with Gasteiger partial charge in [0.15, 0.2) is 0 Å². The summed E-state index contributed by atoms with van der Waals surface area (Å²) < 4.78 is 21.1. The van der Waals surface area contributed by atoms with E-state index < -0.39 is 29.6 Å². The third-order valence-corrected chi connectivity index (χ3v) is 6.01. The van der Waals surface area contributed by atoms with Crippen molar-refractivity contribution >= 4 is 40.4 Å². The van der Waals surface area contributed by atoms with Gasteiger partial charge in [0.05, 0.1) is 35.8 Å². The number of methoxy groups -OCH3 is 1. The van der Waals surface area contributed by atoms with Gasteiger partial charge in [-0.15, -0.1) is 0 Å². The molecule has 1 aromatic heterocycles. The van der Waals surface area contributed by atoms with E-state index in [-0.39, 0.29) is 36.5 Å². The summed E-state index contributed by atoms with van der Waals surface area (Å²) in [7, 11) is 1.21. The molecule has 1 aliphatic heterocycles. The largest absolute Gasteiger partial charge is 0.469 e. The number of hydrogen-bond acceptors (Lipinski definition) is 6. The first-order chi connectivity index (χ1) is 17.2. The number of carbonyl (C=O) groups excluding carboxylic acids is 4. The van der Waals surface area contributed by atoms with Crippen molar-refractivity contribution < 1.29 is 28.3 Å². The van der Waals surface area contributed by atoms with E-state index in [1.165, 1.54) is 31.1 Å². The highest BCUT2D eigenvalue weighted by molar-refractivity contribution is 6.07. The Balaban J connectivity index is 1.85. The lowest BCUT2D eigenvalue weighted by Gasteiger charge is -2.34. The second-order valence-corrected chi connectivity index (χ2v) is 8.32. The number of halogens is 1. The minimum Gasteiger partial charge on any atom is -0.469 e. The van der Waals surface area contributed by atoms with Crippen LogP contribution < -0.4 is 10.6 Å². The van der Waals surface area contributed by atoms with Crippen molar-refractivity contribution in [2.75, 3.05) is 25.5 Å². The molecule has 188 valence electrons. The number of piperazine rings is 1. The number of amides is 3. The zero-order valence-corrected chi connectivity index (χ0v) is 20.1. The van der Waals surface area contributed by atoms with Crippen molar-refractivity contribution in [3.05, 3.63) is 47.8 Å². The van der Waals surface area contributed by atoms with Crippen LogP contribution in [0.3, 0.4) is 0 Å². The number of anilines is 1. The van der Waals surface area contributed by atoms with Crippen LogP contribution in [0.1, 0.15) is 30.6 Å². The topological polar surface area (TPSA) is 123 Å². The molecular formula is C25H26FN5O5. The van der Waals surface area contributed by atoms with Gasteiger partial charge in [-0.05, 0) is 31.2 Å².